The monoisotopic (exact) mass is 258 g/mol. The molecule has 0 saturated carbocycles. The van der Waals surface area contributed by atoms with Crippen molar-refractivity contribution in [2.45, 2.75) is 65.1 Å². The van der Waals surface area contributed by atoms with Crippen molar-refractivity contribution in [2.75, 3.05) is 14.2 Å². The lowest BCUT2D eigenvalue weighted by Crippen LogP contribution is -2.51. The van der Waals surface area contributed by atoms with Crippen LogP contribution in [0, 0.1) is 5.92 Å². The average Bonchev–Trinajstić information content (AvgIpc) is 2.25. The highest BCUT2D eigenvalue weighted by atomic mass is 16.5. The Morgan fingerprint density at radius 1 is 1.28 bits per heavy atom. The lowest BCUT2D eigenvalue weighted by Gasteiger charge is -2.35. The van der Waals surface area contributed by atoms with E-state index < -0.39 is 5.54 Å². The van der Waals surface area contributed by atoms with Gasteiger partial charge in [0.15, 0.2) is 0 Å². The summed E-state index contributed by atoms with van der Waals surface area (Å²) < 4.78 is 4.74. The number of carbonyl (C=O) groups excluding carboxylic acids is 1. The van der Waals surface area contributed by atoms with E-state index in [4.69, 9.17) is 10.5 Å². The molecule has 0 aliphatic heterocycles. The van der Waals surface area contributed by atoms with Gasteiger partial charge in [0.1, 0.15) is 5.54 Å². The molecule has 0 bridgehead atoms. The van der Waals surface area contributed by atoms with E-state index in [0.29, 0.717) is 18.4 Å². The van der Waals surface area contributed by atoms with Crippen LogP contribution >= 0.6 is 0 Å². The van der Waals surface area contributed by atoms with Crippen molar-refractivity contribution in [2.24, 2.45) is 11.7 Å². The molecule has 0 spiro atoms. The molecule has 108 valence electrons. The average molecular weight is 258 g/mol. The minimum atomic E-state index is -0.917. The second-order valence-electron chi connectivity index (χ2n) is 6.11. The van der Waals surface area contributed by atoms with Gasteiger partial charge in [-0.2, -0.15) is 0 Å². The largest absolute Gasteiger partial charge is 0.468 e. The lowest BCUT2D eigenvalue weighted by atomic mass is 9.93. The predicted molar refractivity (Wildman–Crippen MR) is 75.4 cm³/mol. The molecule has 3 atom stereocenters. The lowest BCUT2D eigenvalue weighted by molar-refractivity contribution is -0.147. The second-order valence-corrected chi connectivity index (χ2v) is 6.11. The zero-order valence-electron chi connectivity index (χ0n) is 13.0. The zero-order chi connectivity index (χ0) is 14.5. The van der Waals surface area contributed by atoms with E-state index in [1.165, 1.54) is 7.11 Å². The topological polar surface area (TPSA) is 55.6 Å². The summed E-state index contributed by atoms with van der Waals surface area (Å²) in [6.07, 6.45) is 1.74. The number of methoxy groups -OCH3 is 1. The third-order valence-corrected chi connectivity index (χ3v) is 3.57. The van der Waals surface area contributed by atoms with Crippen molar-refractivity contribution >= 4 is 5.97 Å². The maximum Gasteiger partial charge on any atom is 0.325 e. The van der Waals surface area contributed by atoms with Crippen LogP contribution in [0.3, 0.4) is 0 Å². The zero-order valence-corrected chi connectivity index (χ0v) is 13.0. The van der Waals surface area contributed by atoms with E-state index in [9.17, 15) is 4.79 Å². The number of carbonyl (C=O) groups is 1. The number of nitrogens with zero attached hydrogens (tertiary/aromatic N) is 1. The van der Waals surface area contributed by atoms with E-state index in [0.717, 1.165) is 6.42 Å². The maximum absolute atomic E-state index is 11.6. The Labute approximate surface area is 112 Å². The Morgan fingerprint density at radius 2 is 1.78 bits per heavy atom. The SMILES string of the molecule is COC(=O)C(C)(N)CC(C)N(C)C(C)CC(C)C. The molecular formula is C14H30N2O2. The summed E-state index contributed by atoms with van der Waals surface area (Å²) in [5.41, 5.74) is 5.09. The number of nitrogens with two attached hydrogens (primary N) is 1. The number of esters is 1. The Morgan fingerprint density at radius 3 is 2.17 bits per heavy atom. The Balaban J connectivity index is 4.47. The van der Waals surface area contributed by atoms with E-state index in [1.54, 1.807) is 6.92 Å². The molecule has 0 rings (SSSR count). The molecule has 4 nitrogen and oxygen atoms in total. The van der Waals surface area contributed by atoms with E-state index in [1.807, 2.05) is 0 Å². The third kappa shape index (κ3) is 5.36. The molecule has 0 radical (unpaired) electrons. The molecule has 0 aliphatic rings. The molecular weight excluding hydrogens is 228 g/mol. The van der Waals surface area contributed by atoms with Crippen LogP contribution < -0.4 is 5.73 Å². The van der Waals surface area contributed by atoms with Crippen LogP contribution in [0.25, 0.3) is 0 Å². The van der Waals surface area contributed by atoms with Crippen molar-refractivity contribution in [1.29, 1.82) is 0 Å². The first-order valence-corrected chi connectivity index (χ1v) is 6.71. The molecule has 18 heavy (non-hydrogen) atoms. The highest BCUT2D eigenvalue weighted by Crippen LogP contribution is 2.19. The van der Waals surface area contributed by atoms with Crippen molar-refractivity contribution in [3.8, 4) is 0 Å². The molecule has 0 saturated heterocycles. The van der Waals surface area contributed by atoms with Crippen LogP contribution in [0.2, 0.25) is 0 Å². The molecule has 4 heteroatoms. The van der Waals surface area contributed by atoms with Gasteiger partial charge in [-0.3, -0.25) is 4.79 Å². The minimum Gasteiger partial charge on any atom is -0.468 e. The molecule has 0 fully saturated rings. The van der Waals surface area contributed by atoms with E-state index in [2.05, 4.69) is 39.6 Å². The van der Waals surface area contributed by atoms with Gasteiger partial charge >= 0.3 is 5.97 Å². The normalized spacial score (nSPS) is 18.6. The summed E-state index contributed by atoms with van der Waals surface area (Å²) in [5, 5.41) is 0. The van der Waals surface area contributed by atoms with Crippen LogP contribution in [0.5, 0.6) is 0 Å². The van der Waals surface area contributed by atoms with Crippen molar-refractivity contribution in [3.05, 3.63) is 0 Å². The Hall–Kier alpha value is -0.610. The minimum absolute atomic E-state index is 0.243. The first kappa shape index (κ1) is 17.4. The molecule has 0 aromatic carbocycles. The maximum atomic E-state index is 11.6. The molecule has 0 aliphatic carbocycles. The van der Waals surface area contributed by atoms with Crippen LogP contribution in [0.15, 0.2) is 0 Å². The summed E-state index contributed by atoms with van der Waals surface area (Å²) in [7, 11) is 3.47. The van der Waals surface area contributed by atoms with Gasteiger partial charge in [0.25, 0.3) is 0 Å². The highest BCUT2D eigenvalue weighted by Gasteiger charge is 2.33. The summed E-state index contributed by atoms with van der Waals surface area (Å²) in [5.74, 6) is 0.318. The number of hydrogen-bond acceptors (Lipinski definition) is 4. The van der Waals surface area contributed by atoms with Gasteiger partial charge in [0.05, 0.1) is 7.11 Å². The number of rotatable bonds is 7. The predicted octanol–water partition coefficient (Wildman–Crippen LogP) is 2.02. The molecule has 0 heterocycles. The van der Waals surface area contributed by atoms with Crippen molar-refractivity contribution in [1.82, 2.24) is 4.90 Å². The highest BCUT2D eigenvalue weighted by molar-refractivity contribution is 5.79. The second kappa shape index (κ2) is 7.10. The Kier molecular flexibility index (Phi) is 6.86. The fourth-order valence-electron chi connectivity index (χ4n) is 2.36. The van der Waals surface area contributed by atoms with Crippen LogP contribution in [-0.4, -0.2) is 42.6 Å². The van der Waals surface area contributed by atoms with Gasteiger partial charge in [-0.05, 0) is 46.6 Å². The fourth-order valence-corrected chi connectivity index (χ4v) is 2.36. The van der Waals surface area contributed by atoms with Crippen LogP contribution in [-0.2, 0) is 9.53 Å². The molecule has 0 amide bonds. The van der Waals surface area contributed by atoms with Gasteiger partial charge in [0, 0.05) is 12.1 Å². The number of ether oxygens (including phenoxy) is 1. The first-order chi connectivity index (χ1) is 8.11. The fraction of sp³-hybridized carbons (Fsp3) is 0.929. The summed E-state index contributed by atoms with van der Waals surface area (Å²) in [6, 6.07) is 0.723. The summed E-state index contributed by atoms with van der Waals surface area (Å²) >= 11 is 0. The first-order valence-electron chi connectivity index (χ1n) is 6.71. The van der Waals surface area contributed by atoms with Gasteiger partial charge in [-0.1, -0.05) is 13.8 Å². The van der Waals surface area contributed by atoms with Gasteiger partial charge in [-0.15, -0.1) is 0 Å². The molecule has 0 aromatic rings. The van der Waals surface area contributed by atoms with E-state index in [-0.39, 0.29) is 12.0 Å². The molecule has 0 aromatic heterocycles. The van der Waals surface area contributed by atoms with Gasteiger partial charge < -0.3 is 15.4 Å². The van der Waals surface area contributed by atoms with Crippen molar-refractivity contribution in [3.63, 3.8) is 0 Å². The molecule has 3 unspecified atom stereocenters. The summed E-state index contributed by atoms with van der Waals surface area (Å²) in [6.45, 7) is 10.5. The quantitative estimate of drug-likeness (QED) is 0.710. The van der Waals surface area contributed by atoms with E-state index >= 15 is 0 Å². The number of hydrogen-bond donors (Lipinski definition) is 1. The summed E-state index contributed by atoms with van der Waals surface area (Å²) in [4.78, 5) is 13.9. The van der Waals surface area contributed by atoms with Crippen LogP contribution in [0.1, 0.15) is 47.5 Å². The standard InChI is InChI=1S/C14H30N2O2/c1-10(2)8-11(3)16(6)12(4)9-14(5,15)13(17)18-7/h10-12H,8-9,15H2,1-7H3. The van der Waals surface area contributed by atoms with Crippen LogP contribution in [0.4, 0.5) is 0 Å². The Bertz CT molecular complexity index is 265. The molecule has 2 N–H and O–H groups in total. The smallest absolute Gasteiger partial charge is 0.325 e. The van der Waals surface area contributed by atoms with Crippen molar-refractivity contribution < 1.29 is 9.53 Å². The van der Waals surface area contributed by atoms with Gasteiger partial charge in [-0.25, -0.2) is 0 Å². The van der Waals surface area contributed by atoms with Gasteiger partial charge in [0.2, 0.25) is 0 Å². The third-order valence-electron chi connectivity index (χ3n) is 3.57.